The fraction of sp³-hybridized carbons (Fsp3) is 0.150. The highest BCUT2D eigenvalue weighted by atomic mass is 16.3. The van der Waals surface area contributed by atoms with E-state index in [1.807, 2.05) is 44.2 Å². The lowest BCUT2D eigenvalue weighted by atomic mass is 10.1. The summed E-state index contributed by atoms with van der Waals surface area (Å²) in [6.07, 6.45) is 1.54. The molecule has 0 radical (unpaired) electrons. The fourth-order valence-electron chi connectivity index (χ4n) is 2.72. The van der Waals surface area contributed by atoms with E-state index >= 15 is 0 Å². The van der Waals surface area contributed by atoms with Gasteiger partial charge in [-0.05, 0) is 50.2 Å². The number of nitrogens with one attached hydrogen (secondary N) is 1. The maximum absolute atomic E-state index is 13.0. The predicted octanol–water partition coefficient (Wildman–Crippen LogP) is 4.05. The summed E-state index contributed by atoms with van der Waals surface area (Å²) in [5.41, 5.74) is 1.52. The second-order valence-corrected chi connectivity index (χ2v) is 6.19. The van der Waals surface area contributed by atoms with Gasteiger partial charge in [-0.15, -0.1) is 5.10 Å². The molecule has 0 fully saturated rings. The van der Waals surface area contributed by atoms with Crippen molar-refractivity contribution in [2.45, 2.75) is 20.4 Å². The van der Waals surface area contributed by atoms with Gasteiger partial charge in [-0.1, -0.05) is 17.7 Å². The SMILES string of the molecule is Cc1cccc(C(=O)n2nc(-c3ccco3)nc2NCc2ccc(C)o2)c1. The molecule has 0 amide bonds. The van der Waals surface area contributed by atoms with Gasteiger partial charge in [-0.25, -0.2) is 0 Å². The maximum Gasteiger partial charge on any atom is 0.281 e. The van der Waals surface area contributed by atoms with Crippen molar-refractivity contribution in [3.05, 3.63) is 77.4 Å². The third-order valence-electron chi connectivity index (χ3n) is 4.02. The van der Waals surface area contributed by atoms with Gasteiger partial charge >= 0.3 is 0 Å². The molecule has 1 aromatic carbocycles. The molecular formula is C20H18N4O3. The van der Waals surface area contributed by atoms with E-state index < -0.39 is 0 Å². The summed E-state index contributed by atoms with van der Waals surface area (Å²) in [5.74, 6) is 2.43. The van der Waals surface area contributed by atoms with Crippen LogP contribution in [0.4, 0.5) is 5.95 Å². The van der Waals surface area contributed by atoms with Crippen LogP contribution >= 0.6 is 0 Å². The number of furan rings is 2. The largest absolute Gasteiger partial charge is 0.465 e. The van der Waals surface area contributed by atoms with Gasteiger partial charge in [0.25, 0.3) is 5.91 Å². The van der Waals surface area contributed by atoms with E-state index in [0.29, 0.717) is 29.6 Å². The van der Waals surface area contributed by atoms with Crippen LogP contribution in [0.5, 0.6) is 0 Å². The van der Waals surface area contributed by atoms with Crippen LogP contribution < -0.4 is 5.32 Å². The molecule has 4 aromatic rings. The van der Waals surface area contributed by atoms with Gasteiger partial charge in [0.05, 0.1) is 12.8 Å². The van der Waals surface area contributed by atoms with Crippen molar-refractivity contribution in [1.82, 2.24) is 14.8 Å². The second kappa shape index (κ2) is 6.95. The third kappa shape index (κ3) is 3.52. The van der Waals surface area contributed by atoms with Crippen LogP contribution in [0.1, 0.15) is 27.4 Å². The van der Waals surface area contributed by atoms with Crippen molar-refractivity contribution in [3.63, 3.8) is 0 Å². The molecule has 27 heavy (non-hydrogen) atoms. The number of hydrogen-bond donors (Lipinski definition) is 1. The first-order chi connectivity index (χ1) is 13.1. The topological polar surface area (TPSA) is 86.1 Å². The van der Waals surface area contributed by atoms with E-state index in [0.717, 1.165) is 17.1 Å². The van der Waals surface area contributed by atoms with Crippen molar-refractivity contribution in [3.8, 4) is 11.6 Å². The summed E-state index contributed by atoms with van der Waals surface area (Å²) >= 11 is 0. The smallest absolute Gasteiger partial charge is 0.281 e. The minimum absolute atomic E-state index is 0.276. The van der Waals surface area contributed by atoms with Crippen molar-refractivity contribution in [1.29, 1.82) is 0 Å². The Morgan fingerprint density at radius 1 is 1.15 bits per heavy atom. The Balaban J connectivity index is 1.68. The number of aryl methyl sites for hydroxylation is 2. The molecule has 7 heteroatoms. The van der Waals surface area contributed by atoms with Crippen molar-refractivity contribution < 1.29 is 13.6 Å². The van der Waals surface area contributed by atoms with E-state index in [1.54, 1.807) is 18.2 Å². The zero-order valence-corrected chi connectivity index (χ0v) is 15.0. The molecule has 7 nitrogen and oxygen atoms in total. The Hall–Kier alpha value is -3.61. The number of aromatic nitrogens is 3. The van der Waals surface area contributed by atoms with Crippen LogP contribution in [-0.4, -0.2) is 20.7 Å². The van der Waals surface area contributed by atoms with Crippen LogP contribution in [0.2, 0.25) is 0 Å². The molecule has 0 aliphatic carbocycles. The van der Waals surface area contributed by atoms with Gasteiger partial charge in [-0.2, -0.15) is 9.67 Å². The highest BCUT2D eigenvalue weighted by Crippen LogP contribution is 2.20. The molecular weight excluding hydrogens is 344 g/mol. The second-order valence-electron chi connectivity index (χ2n) is 6.19. The third-order valence-corrected chi connectivity index (χ3v) is 4.02. The average Bonchev–Trinajstić information content (AvgIpc) is 3.40. The molecule has 136 valence electrons. The quantitative estimate of drug-likeness (QED) is 0.576. The number of hydrogen-bond acceptors (Lipinski definition) is 6. The fourth-order valence-corrected chi connectivity index (χ4v) is 2.72. The van der Waals surface area contributed by atoms with E-state index in [4.69, 9.17) is 8.83 Å². The van der Waals surface area contributed by atoms with E-state index in [2.05, 4.69) is 15.4 Å². The highest BCUT2D eigenvalue weighted by Gasteiger charge is 2.20. The zero-order valence-electron chi connectivity index (χ0n) is 15.0. The number of rotatable bonds is 5. The minimum atomic E-state index is -0.276. The van der Waals surface area contributed by atoms with E-state index in [1.165, 1.54) is 10.9 Å². The molecule has 3 heterocycles. The first-order valence-electron chi connectivity index (χ1n) is 8.51. The lowest BCUT2D eigenvalue weighted by Gasteiger charge is -2.06. The molecule has 0 bridgehead atoms. The van der Waals surface area contributed by atoms with E-state index in [9.17, 15) is 4.79 Å². The van der Waals surface area contributed by atoms with Gasteiger partial charge in [-0.3, -0.25) is 4.79 Å². The lowest BCUT2D eigenvalue weighted by molar-refractivity contribution is 0.0947. The van der Waals surface area contributed by atoms with Crippen molar-refractivity contribution in [2.24, 2.45) is 0 Å². The highest BCUT2D eigenvalue weighted by molar-refractivity contribution is 5.97. The normalized spacial score (nSPS) is 10.9. The lowest BCUT2D eigenvalue weighted by Crippen LogP contribution is -2.17. The van der Waals surface area contributed by atoms with Crippen molar-refractivity contribution in [2.75, 3.05) is 5.32 Å². The summed E-state index contributed by atoms with van der Waals surface area (Å²) in [5, 5.41) is 7.47. The first kappa shape index (κ1) is 16.8. The molecule has 4 rings (SSSR count). The van der Waals surface area contributed by atoms with Crippen LogP contribution in [0.25, 0.3) is 11.6 Å². The molecule has 0 aliphatic rings. The zero-order chi connectivity index (χ0) is 18.8. The molecule has 0 atom stereocenters. The Morgan fingerprint density at radius 2 is 2.04 bits per heavy atom. The Labute approximate surface area is 155 Å². The van der Waals surface area contributed by atoms with Gasteiger partial charge in [0.15, 0.2) is 5.76 Å². The standard InChI is InChI=1S/C20H18N4O3/c1-13-5-3-6-15(11-13)19(25)24-20(21-12-16-9-8-14(2)27-16)22-18(23-24)17-7-4-10-26-17/h3-11H,12H2,1-2H3,(H,21,22,23). The van der Waals surface area contributed by atoms with Crippen LogP contribution in [0.3, 0.4) is 0 Å². The number of nitrogens with zero attached hydrogens (tertiary/aromatic N) is 3. The number of carbonyl (C=O) groups is 1. The van der Waals surface area contributed by atoms with Crippen molar-refractivity contribution >= 4 is 11.9 Å². The molecule has 0 saturated carbocycles. The molecule has 0 aliphatic heterocycles. The number of carbonyl (C=O) groups excluding carboxylic acids is 1. The summed E-state index contributed by atoms with van der Waals surface area (Å²) < 4.78 is 12.2. The first-order valence-corrected chi connectivity index (χ1v) is 8.51. The Kier molecular flexibility index (Phi) is 4.33. The Morgan fingerprint density at radius 3 is 2.74 bits per heavy atom. The van der Waals surface area contributed by atoms with Gasteiger partial charge < -0.3 is 14.2 Å². The monoisotopic (exact) mass is 362 g/mol. The summed E-state index contributed by atoms with van der Waals surface area (Å²) in [7, 11) is 0. The Bertz CT molecular complexity index is 1080. The molecule has 0 saturated heterocycles. The van der Waals surface area contributed by atoms with Crippen LogP contribution in [0, 0.1) is 13.8 Å². The number of anilines is 1. The summed E-state index contributed by atoms with van der Waals surface area (Å²) in [6, 6.07) is 14.6. The van der Waals surface area contributed by atoms with E-state index in [-0.39, 0.29) is 5.91 Å². The van der Waals surface area contributed by atoms with Gasteiger partial charge in [0.2, 0.25) is 11.8 Å². The number of benzene rings is 1. The molecule has 1 N–H and O–H groups in total. The molecule has 3 aromatic heterocycles. The molecule has 0 spiro atoms. The average molecular weight is 362 g/mol. The van der Waals surface area contributed by atoms with Crippen LogP contribution in [-0.2, 0) is 6.54 Å². The van der Waals surface area contributed by atoms with Crippen LogP contribution in [0.15, 0.2) is 63.6 Å². The maximum atomic E-state index is 13.0. The van der Waals surface area contributed by atoms with Gasteiger partial charge in [0.1, 0.15) is 11.5 Å². The minimum Gasteiger partial charge on any atom is -0.465 e. The predicted molar refractivity (Wildman–Crippen MR) is 99.4 cm³/mol. The summed E-state index contributed by atoms with van der Waals surface area (Å²) in [6.45, 7) is 4.19. The van der Waals surface area contributed by atoms with Gasteiger partial charge in [0, 0.05) is 5.56 Å². The molecule has 0 unspecified atom stereocenters. The summed E-state index contributed by atoms with van der Waals surface area (Å²) in [4.78, 5) is 17.4.